The van der Waals surface area contributed by atoms with Crippen molar-refractivity contribution in [3.05, 3.63) is 88.4 Å². The predicted molar refractivity (Wildman–Crippen MR) is 129 cm³/mol. The number of ether oxygens (including phenoxy) is 2. The van der Waals surface area contributed by atoms with Crippen LogP contribution in [0.15, 0.2) is 77.3 Å². The van der Waals surface area contributed by atoms with Gasteiger partial charge < -0.3 is 14.8 Å². The van der Waals surface area contributed by atoms with Crippen LogP contribution in [0.25, 0.3) is 0 Å². The van der Waals surface area contributed by atoms with Crippen LogP contribution in [0.1, 0.15) is 37.3 Å². The lowest BCUT2D eigenvalue weighted by Crippen LogP contribution is -2.21. The molecule has 3 rings (SSSR count). The Balaban J connectivity index is 1.52. The van der Waals surface area contributed by atoms with E-state index in [1.165, 1.54) is 5.56 Å². The molecule has 1 N–H and O–H groups in total. The predicted octanol–water partition coefficient (Wildman–Crippen LogP) is 6.60. The molecule has 3 aromatic rings. The van der Waals surface area contributed by atoms with Crippen LogP contribution in [0.3, 0.4) is 0 Å². The van der Waals surface area contributed by atoms with Gasteiger partial charge in [-0.05, 0) is 60.2 Å². The van der Waals surface area contributed by atoms with E-state index in [1.54, 1.807) is 0 Å². The number of aryl methyl sites for hydroxylation is 1. The molecule has 0 aliphatic heterocycles. The van der Waals surface area contributed by atoms with Crippen molar-refractivity contribution >= 4 is 27.5 Å². The van der Waals surface area contributed by atoms with Crippen molar-refractivity contribution in [2.24, 2.45) is 0 Å². The Hall–Kier alpha value is -2.79. The van der Waals surface area contributed by atoms with Crippen LogP contribution in [0.2, 0.25) is 0 Å². The minimum atomic E-state index is -0.224. The highest BCUT2D eigenvalue weighted by Crippen LogP contribution is 2.30. The van der Waals surface area contributed by atoms with E-state index in [-0.39, 0.29) is 12.5 Å². The molecule has 0 radical (unpaired) electrons. The summed E-state index contributed by atoms with van der Waals surface area (Å²) >= 11 is 3.49. The van der Waals surface area contributed by atoms with E-state index in [9.17, 15) is 4.79 Å². The third-order valence-corrected chi connectivity index (χ3v) is 5.32. The number of amides is 1. The first-order valence-electron chi connectivity index (χ1n) is 10.5. The van der Waals surface area contributed by atoms with E-state index in [1.807, 2.05) is 60.7 Å². The van der Waals surface area contributed by atoms with Crippen molar-refractivity contribution in [3.63, 3.8) is 0 Å². The smallest absolute Gasteiger partial charge is 0.262 e. The summed E-state index contributed by atoms with van der Waals surface area (Å²) in [6.45, 7) is 4.71. The van der Waals surface area contributed by atoms with Crippen molar-refractivity contribution in [2.45, 2.75) is 32.6 Å². The number of hydrogen-bond donors (Lipinski definition) is 1. The number of halogens is 1. The number of anilines is 1. The van der Waals surface area contributed by atoms with Crippen LogP contribution in [-0.4, -0.2) is 19.1 Å². The first-order chi connectivity index (χ1) is 15.0. The summed E-state index contributed by atoms with van der Waals surface area (Å²) in [4.78, 5) is 12.5. The van der Waals surface area contributed by atoms with E-state index in [0.29, 0.717) is 24.0 Å². The van der Waals surface area contributed by atoms with Gasteiger partial charge >= 0.3 is 0 Å². The fraction of sp³-hybridized carbons (Fsp3) is 0.269. The van der Waals surface area contributed by atoms with Crippen molar-refractivity contribution in [1.82, 2.24) is 0 Å². The number of rotatable bonds is 10. The average Bonchev–Trinajstić information content (AvgIpc) is 2.77. The zero-order valence-corrected chi connectivity index (χ0v) is 19.5. The quantitative estimate of drug-likeness (QED) is 0.331. The van der Waals surface area contributed by atoms with Crippen LogP contribution < -0.4 is 14.8 Å². The average molecular weight is 482 g/mol. The van der Waals surface area contributed by atoms with Gasteiger partial charge in [-0.25, -0.2) is 0 Å². The van der Waals surface area contributed by atoms with Gasteiger partial charge in [0.2, 0.25) is 0 Å². The van der Waals surface area contributed by atoms with Gasteiger partial charge in [0.05, 0.1) is 12.3 Å². The minimum absolute atomic E-state index is 0.0658. The summed E-state index contributed by atoms with van der Waals surface area (Å²) in [5, 5.41) is 2.90. The fourth-order valence-electron chi connectivity index (χ4n) is 3.23. The Bertz CT molecular complexity index is 989. The molecule has 3 aromatic carbocycles. The zero-order chi connectivity index (χ0) is 22.1. The van der Waals surface area contributed by atoms with Gasteiger partial charge in [0.25, 0.3) is 5.91 Å². The Kier molecular flexibility index (Phi) is 8.53. The first kappa shape index (κ1) is 22.9. The maximum absolute atomic E-state index is 12.5. The second kappa shape index (κ2) is 11.6. The molecule has 0 aliphatic rings. The largest absolute Gasteiger partial charge is 0.491 e. The number of hydrogen-bond acceptors (Lipinski definition) is 3. The fourth-order valence-corrected chi connectivity index (χ4v) is 3.61. The monoisotopic (exact) mass is 481 g/mol. The van der Waals surface area contributed by atoms with Crippen LogP contribution in [0, 0.1) is 0 Å². The highest BCUT2D eigenvalue weighted by Gasteiger charge is 2.12. The van der Waals surface area contributed by atoms with Crippen LogP contribution in [-0.2, 0) is 11.2 Å². The molecule has 5 heteroatoms. The number of carbonyl (C=O) groups is 1. The maximum atomic E-state index is 12.5. The summed E-state index contributed by atoms with van der Waals surface area (Å²) in [6.07, 6.45) is 1.85. The van der Waals surface area contributed by atoms with Gasteiger partial charge in [-0.3, -0.25) is 4.79 Å². The molecule has 31 heavy (non-hydrogen) atoms. The molecule has 0 saturated carbocycles. The molecular weight excluding hydrogens is 454 g/mol. The first-order valence-corrected chi connectivity index (χ1v) is 11.3. The van der Waals surface area contributed by atoms with Crippen molar-refractivity contribution in [2.75, 3.05) is 18.5 Å². The summed E-state index contributed by atoms with van der Waals surface area (Å²) in [6, 6.07) is 23.6. The number of carbonyl (C=O) groups excluding carboxylic acids is 1. The maximum Gasteiger partial charge on any atom is 0.262 e. The standard InChI is InChI=1S/C26H28BrNO3/c1-19(2)22-17-21(27)14-15-24(22)31-18-26(29)28-23-12-6-7-13-25(23)30-16-8-11-20-9-4-3-5-10-20/h3-7,9-10,12-15,17,19H,8,11,16,18H2,1-2H3,(H,28,29). The molecule has 1 amide bonds. The van der Waals surface area contributed by atoms with E-state index in [2.05, 4.69) is 47.2 Å². The molecular formula is C26H28BrNO3. The van der Waals surface area contributed by atoms with E-state index in [4.69, 9.17) is 9.47 Å². The number of para-hydroxylation sites is 2. The van der Waals surface area contributed by atoms with Crippen LogP contribution in [0.5, 0.6) is 11.5 Å². The molecule has 4 nitrogen and oxygen atoms in total. The van der Waals surface area contributed by atoms with E-state index >= 15 is 0 Å². The Labute approximate surface area is 192 Å². The van der Waals surface area contributed by atoms with E-state index in [0.717, 1.165) is 28.6 Å². The molecule has 0 unspecified atom stereocenters. The second-order valence-electron chi connectivity index (χ2n) is 7.61. The molecule has 0 atom stereocenters. The SMILES string of the molecule is CC(C)c1cc(Br)ccc1OCC(=O)Nc1ccccc1OCCCc1ccccc1. The summed E-state index contributed by atoms with van der Waals surface area (Å²) in [5.74, 6) is 1.45. The highest BCUT2D eigenvalue weighted by molar-refractivity contribution is 9.10. The van der Waals surface area contributed by atoms with Gasteiger partial charge in [0.15, 0.2) is 6.61 Å². The third-order valence-electron chi connectivity index (χ3n) is 4.82. The minimum Gasteiger partial charge on any atom is -0.491 e. The van der Waals surface area contributed by atoms with Crippen LogP contribution in [0.4, 0.5) is 5.69 Å². The summed E-state index contributed by atoms with van der Waals surface area (Å²) in [7, 11) is 0. The zero-order valence-electron chi connectivity index (χ0n) is 17.9. The molecule has 162 valence electrons. The Morgan fingerprint density at radius 2 is 1.68 bits per heavy atom. The lowest BCUT2D eigenvalue weighted by atomic mass is 10.0. The number of benzene rings is 3. The normalized spacial score (nSPS) is 10.7. The topological polar surface area (TPSA) is 47.6 Å². The third kappa shape index (κ3) is 7.14. The van der Waals surface area contributed by atoms with Gasteiger partial charge in [-0.2, -0.15) is 0 Å². The Morgan fingerprint density at radius 3 is 2.45 bits per heavy atom. The lowest BCUT2D eigenvalue weighted by molar-refractivity contribution is -0.118. The van der Waals surface area contributed by atoms with Gasteiger partial charge in [0, 0.05) is 4.47 Å². The van der Waals surface area contributed by atoms with E-state index < -0.39 is 0 Å². The molecule has 0 spiro atoms. The van der Waals surface area contributed by atoms with Gasteiger partial charge in [0.1, 0.15) is 11.5 Å². The van der Waals surface area contributed by atoms with Crippen molar-refractivity contribution < 1.29 is 14.3 Å². The van der Waals surface area contributed by atoms with Gasteiger partial charge in [-0.1, -0.05) is 72.2 Å². The molecule has 0 aromatic heterocycles. The molecule has 0 bridgehead atoms. The highest BCUT2D eigenvalue weighted by atomic mass is 79.9. The molecule has 0 fully saturated rings. The van der Waals surface area contributed by atoms with Crippen LogP contribution >= 0.6 is 15.9 Å². The molecule has 0 saturated heterocycles. The Morgan fingerprint density at radius 1 is 0.935 bits per heavy atom. The summed E-state index contributed by atoms with van der Waals surface area (Å²) < 4.78 is 12.7. The van der Waals surface area contributed by atoms with Gasteiger partial charge in [-0.15, -0.1) is 0 Å². The second-order valence-corrected chi connectivity index (χ2v) is 8.52. The van der Waals surface area contributed by atoms with Crippen molar-refractivity contribution in [3.8, 4) is 11.5 Å². The molecule has 0 aliphatic carbocycles. The van der Waals surface area contributed by atoms with Crippen molar-refractivity contribution in [1.29, 1.82) is 0 Å². The summed E-state index contributed by atoms with van der Waals surface area (Å²) in [5.41, 5.74) is 3.00. The number of nitrogens with one attached hydrogen (secondary N) is 1. The lowest BCUT2D eigenvalue weighted by Gasteiger charge is -2.15. The molecule has 0 heterocycles.